The maximum Gasteiger partial charge on any atom is 0.292 e. The maximum atomic E-state index is 11.2. The number of nitrogens with zero attached hydrogens (tertiary/aromatic N) is 1. The molecule has 0 aliphatic rings. The Balaban J connectivity index is 1.74. The first kappa shape index (κ1) is 17.9. The van der Waals surface area contributed by atoms with Crippen LogP contribution in [0.3, 0.4) is 0 Å². The molecule has 26 heavy (non-hydrogen) atoms. The normalized spacial score (nSPS) is 10.5. The lowest BCUT2D eigenvalue weighted by molar-refractivity contribution is -0.384. The van der Waals surface area contributed by atoms with E-state index >= 15 is 0 Å². The van der Waals surface area contributed by atoms with Gasteiger partial charge in [0.05, 0.1) is 18.6 Å². The van der Waals surface area contributed by atoms with Gasteiger partial charge in [0.25, 0.3) is 5.69 Å². The molecule has 0 amide bonds. The van der Waals surface area contributed by atoms with Gasteiger partial charge in [-0.05, 0) is 59.7 Å². The molecule has 7 heteroatoms. The molecular weight excluding hydrogens is 352 g/mol. The summed E-state index contributed by atoms with van der Waals surface area (Å²) in [6.45, 7) is 0.309. The van der Waals surface area contributed by atoms with E-state index in [1.165, 1.54) is 6.07 Å². The molecule has 2 aromatic carbocycles. The first-order chi connectivity index (χ1) is 12.6. The van der Waals surface area contributed by atoms with Crippen molar-refractivity contribution in [2.75, 3.05) is 12.4 Å². The van der Waals surface area contributed by atoms with Crippen molar-refractivity contribution in [1.82, 2.24) is 0 Å². The van der Waals surface area contributed by atoms with Gasteiger partial charge in [0.2, 0.25) is 0 Å². The Kier molecular flexibility index (Phi) is 5.50. The molecule has 0 fully saturated rings. The number of nitrogens with one attached hydrogen (secondary N) is 1. The van der Waals surface area contributed by atoms with E-state index in [9.17, 15) is 15.2 Å². The molecule has 0 saturated heterocycles. The summed E-state index contributed by atoms with van der Waals surface area (Å²) in [7, 11) is 1.63. The van der Waals surface area contributed by atoms with Crippen LogP contribution < -0.4 is 10.1 Å². The first-order valence-corrected chi connectivity index (χ1v) is 8.77. The number of nitro benzene ring substituents is 1. The number of thiophene rings is 1. The highest BCUT2D eigenvalue weighted by molar-refractivity contribution is 7.15. The van der Waals surface area contributed by atoms with Crippen molar-refractivity contribution in [2.24, 2.45) is 0 Å². The average Bonchev–Trinajstić information content (AvgIpc) is 3.15. The Labute approximate surface area is 154 Å². The fourth-order valence-electron chi connectivity index (χ4n) is 2.55. The molecule has 1 aromatic heterocycles. The summed E-state index contributed by atoms with van der Waals surface area (Å²) < 4.78 is 5.17. The number of anilines is 1. The van der Waals surface area contributed by atoms with Crippen LogP contribution in [0.4, 0.5) is 11.4 Å². The van der Waals surface area contributed by atoms with Crippen LogP contribution in [0.25, 0.3) is 10.4 Å². The molecular formula is C19H18N2O4S. The van der Waals surface area contributed by atoms with Crippen molar-refractivity contribution >= 4 is 22.7 Å². The molecule has 134 valence electrons. The van der Waals surface area contributed by atoms with Gasteiger partial charge in [-0.3, -0.25) is 10.1 Å². The van der Waals surface area contributed by atoms with Gasteiger partial charge in [0, 0.05) is 22.4 Å². The number of methoxy groups -OCH3 is 1. The second-order valence-corrected chi connectivity index (χ2v) is 6.78. The minimum Gasteiger partial charge on any atom is -0.497 e. The number of hydrogen-bond donors (Lipinski definition) is 2. The standard InChI is InChI=1S/C19H18N2O4S/c1-25-15-5-3-14(4-6-15)19-9-7-16(26-19)11-20-17-10-13(12-22)2-8-18(17)21(23)24/h2-10,20,22H,11-12H2,1H3. The minimum atomic E-state index is -0.430. The van der Waals surface area contributed by atoms with Gasteiger partial charge in [-0.1, -0.05) is 0 Å². The highest BCUT2D eigenvalue weighted by Crippen LogP contribution is 2.31. The predicted octanol–water partition coefficient (Wildman–Crippen LogP) is 4.44. The molecule has 0 aliphatic carbocycles. The Morgan fingerprint density at radius 2 is 1.92 bits per heavy atom. The largest absolute Gasteiger partial charge is 0.497 e. The summed E-state index contributed by atoms with van der Waals surface area (Å²) in [6, 6.07) is 16.4. The van der Waals surface area contributed by atoms with Crippen LogP contribution in [0.1, 0.15) is 10.4 Å². The lowest BCUT2D eigenvalue weighted by atomic mass is 10.2. The van der Waals surface area contributed by atoms with Gasteiger partial charge >= 0.3 is 0 Å². The van der Waals surface area contributed by atoms with Gasteiger partial charge in [0.15, 0.2) is 0 Å². The average molecular weight is 370 g/mol. The number of ether oxygens (including phenoxy) is 1. The van der Waals surface area contributed by atoms with Gasteiger partial charge in [-0.15, -0.1) is 11.3 Å². The van der Waals surface area contributed by atoms with Crippen molar-refractivity contribution < 1.29 is 14.8 Å². The van der Waals surface area contributed by atoms with E-state index in [1.54, 1.807) is 30.6 Å². The molecule has 1 heterocycles. The Morgan fingerprint density at radius 1 is 1.15 bits per heavy atom. The van der Waals surface area contributed by atoms with Crippen molar-refractivity contribution in [3.05, 3.63) is 75.2 Å². The molecule has 0 radical (unpaired) electrons. The summed E-state index contributed by atoms with van der Waals surface area (Å²) in [5, 5.41) is 23.5. The Bertz CT molecular complexity index is 906. The van der Waals surface area contributed by atoms with Gasteiger partial charge in [-0.2, -0.15) is 0 Å². The van der Waals surface area contributed by atoms with Crippen LogP contribution in [-0.2, 0) is 13.2 Å². The molecule has 0 spiro atoms. The highest BCUT2D eigenvalue weighted by Gasteiger charge is 2.14. The van der Waals surface area contributed by atoms with Gasteiger partial charge < -0.3 is 15.2 Å². The number of hydrogen-bond acceptors (Lipinski definition) is 6. The summed E-state index contributed by atoms with van der Waals surface area (Å²) in [5.74, 6) is 0.809. The van der Waals surface area contributed by atoms with Crippen LogP contribution in [0, 0.1) is 10.1 Å². The number of nitro groups is 1. The second-order valence-electron chi connectivity index (χ2n) is 5.61. The summed E-state index contributed by atoms with van der Waals surface area (Å²) >= 11 is 1.62. The Hall–Kier alpha value is -2.90. The Morgan fingerprint density at radius 3 is 2.58 bits per heavy atom. The molecule has 3 aromatic rings. The predicted molar refractivity (Wildman–Crippen MR) is 103 cm³/mol. The number of benzene rings is 2. The van der Waals surface area contributed by atoms with Crippen LogP contribution in [0.2, 0.25) is 0 Å². The van der Waals surface area contributed by atoms with Crippen molar-refractivity contribution in [1.29, 1.82) is 0 Å². The molecule has 0 saturated carbocycles. The molecule has 0 unspecified atom stereocenters. The van der Waals surface area contributed by atoms with E-state index in [2.05, 4.69) is 5.32 Å². The molecule has 2 N–H and O–H groups in total. The highest BCUT2D eigenvalue weighted by atomic mass is 32.1. The van der Waals surface area contributed by atoms with Crippen molar-refractivity contribution in [3.8, 4) is 16.2 Å². The maximum absolute atomic E-state index is 11.2. The lowest BCUT2D eigenvalue weighted by Gasteiger charge is -2.07. The van der Waals surface area contributed by atoms with Crippen molar-refractivity contribution in [2.45, 2.75) is 13.2 Å². The fourth-order valence-corrected chi connectivity index (χ4v) is 3.50. The summed E-state index contributed by atoms with van der Waals surface area (Å²) in [4.78, 5) is 12.9. The number of aliphatic hydroxyl groups excluding tert-OH is 1. The van der Waals surface area contributed by atoms with E-state index < -0.39 is 4.92 Å². The topological polar surface area (TPSA) is 84.6 Å². The molecule has 0 aliphatic heterocycles. The summed E-state index contributed by atoms with van der Waals surface area (Å²) in [5.41, 5.74) is 2.12. The quantitative estimate of drug-likeness (QED) is 0.474. The minimum absolute atomic E-state index is 0.00543. The van der Waals surface area contributed by atoms with Gasteiger partial charge in [0.1, 0.15) is 11.4 Å². The van der Waals surface area contributed by atoms with E-state index in [0.717, 1.165) is 21.1 Å². The summed E-state index contributed by atoms with van der Waals surface area (Å²) in [6.07, 6.45) is 0. The lowest BCUT2D eigenvalue weighted by Crippen LogP contribution is -2.02. The molecule has 0 atom stereocenters. The van der Waals surface area contributed by atoms with Crippen molar-refractivity contribution in [3.63, 3.8) is 0 Å². The zero-order valence-electron chi connectivity index (χ0n) is 14.1. The van der Waals surface area contributed by atoms with Crippen LogP contribution in [0.5, 0.6) is 5.75 Å². The first-order valence-electron chi connectivity index (χ1n) is 7.96. The van der Waals surface area contributed by atoms with Crippen LogP contribution in [-0.4, -0.2) is 17.1 Å². The SMILES string of the molecule is COc1ccc(-c2ccc(CNc3cc(CO)ccc3[N+](=O)[O-])s2)cc1. The van der Waals surface area contributed by atoms with E-state index in [-0.39, 0.29) is 12.3 Å². The fraction of sp³-hybridized carbons (Fsp3) is 0.158. The molecule has 6 nitrogen and oxygen atoms in total. The van der Waals surface area contributed by atoms with Crippen LogP contribution in [0.15, 0.2) is 54.6 Å². The van der Waals surface area contributed by atoms with Crippen LogP contribution >= 0.6 is 11.3 Å². The smallest absolute Gasteiger partial charge is 0.292 e. The second kappa shape index (κ2) is 7.99. The molecule has 3 rings (SSSR count). The number of rotatable bonds is 7. The third kappa shape index (κ3) is 4.01. The van der Waals surface area contributed by atoms with E-state index in [1.807, 2.05) is 36.4 Å². The van der Waals surface area contributed by atoms with E-state index in [4.69, 9.17) is 4.74 Å². The molecule has 0 bridgehead atoms. The van der Waals surface area contributed by atoms with E-state index in [0.29, 0.717) is 17.8 Å². The third-order valence-electron chi connectivity index (χ3n) is 3.93. The third-order valence-corrected chi connectivity index (χ3v) is 5.06. The monoisotopic (exact) mass is 370 g/mol. The zero-order chi connectivity index (χ0) is 18.5. The zero-order valence-corrected chi connectivity index (χ0v) is 15.0. The van der Waals surface area contributed by atoms with Gasteiger partial charge in [-0.25, -0.2) is 0 Å². The number of aliphatic hydroxyl groups is 1.